The highest BCUT2D eigenvalue weighted by Gasteiger charge is 2.39. The average molecular weight is 789 g/mol. The van der Waals surface area contributed by atoms with Gasteiger partial charge in [-0.3, -0.25) is 24.1 Å². The molecule has 0 spiro atoms. The summed E-state index contributed by atoms with van der Waals surface area (Å²) in [7, 11) is -0.629. The molecule has 1 saturated heterocycles. The molecule has 53 heavy (non-hydrogen) atoms. The quantitative estimate of drug-likeness (QED) is 0.203. The van der Waals surface area contributed by atoms with Crippen LogP contribution in [-0.4, -0.2) is 98.4 Å². The van der Waals surface area contributed by atoms with Crippen LogP contribution < -0.4 is 15.4 Å². The van der Waals surface area contributed by atoms with E-state index in [9.17, 15) is 40.8 Å². The van der Waals surface area contributed by atoms with Crippen LogP contribution in [0.15, 0.2) is 29.6 Å². The molecule has 2 aromatic rings. The molecule has 0 aliphatic carbocycles. The molecular weight excluding hydrogens is 738 g/mol. The van der Waals surface area contributed by atoms with Crippen molar-refractivity contribution in [1.29, 1.82) is 0 Å². The number of nitrogens with one attached hydrogen (secondary N) is 3. The second kappa shape index (κ2) is 19.1. The Kier molecular flexibility index (Phi) is 15.8. The van der Waals surface area contributed by atoms with Gasteiger partial charge < -0.3 is 20.3 Å². The van der Waals surface area contributed by atoms with E-state index in [-0.39, 0.29) is 52.7 Å². The van der Waals surface area contributed by atoms with Crippen molar-refractivity contribution in [3.8, 4) is 0 Å². The minimum atomic E-state index is -5.08. The number of piperidine rings is 1. The van der Waals surface area contributed by atoms with Crippen LogP contribution >= 0.6 is 11.3 Å². The van der Waals surface area contributed by atoms with Crippen LogP contribution in [0.2, 0.25) is 0 Å². The average Bonchev–Trinajstić information content (AvgIpc) is 3.59. The number of aromatic nitrogens is 1. The maximum absolute atomic E-state index is 14.1. The van der Waals surface area contributed by atoms with E-state index in [1.165, 1.54) is 17.5 Å². The number of ether oxygens (including phenoxy) is 1. The summed E-state index contributed by atoms with van der Waals surface area (Å²) in [6.07, 6.45) is -2.03. The second-order valence-corrected chi connectivity index (χ2v) is 16.3. The van der Waals surface area contributed by atoms with E-state index in [0.717, 1.165) is 49.3 Å². The summed E-state index contributed by atoms with van der Waals surface area (Å²) in [5.41, 5.74) is -0.196. The number of alkyl halides is 3. The number of sulfonamides is 1. The number of benzene rings is 1. The fraction of sp³-hybridized carbons (Fsp3) is 0.629. The van der Waals surface area contributed by atoms with Crippen molar-refractivity contribution in [3.63, 3.8) is 0 Å². The van der Waals surface area contributed by atoms with Gasteiger partial charge in [0.15, 0.2) is 0 Å². The first-order valence-electron chi connectivity index (χ1n) is 17.6. The third-order valence-electron chi connectivity index (χ3n) is 9.39. The molecule has 0 unspecified atom stereocenters. The maximum Gasteiger partial charge on any atom is 0.471 e. The number of likely N-dealkylation sites (N-methyl/N-ethyl adjacent to an activating group) is 2. The van der Waals surface area contributed by atoms with Gasteiger partial charge in [0, 0.05) is 37.2 Å². The van der Waals surface area contributed by atoms with Crippen molar-refractivity contribution in [1.82, 2.24) is 24.8 Å². The highest BCUT2D eigenvalue weighted by atomic mass is 32.2. The topological polar surface area (TPSA) is 167 Å². The number of amides is 4. The van der Waals surface area contributed by atoms with E-state index in [1.807, 2.05) is 44.4 Å². The number of hydrogen-bond acceptors (Lipinski definition) is 10. The summed E-state index contributed by atoms with van der Waals surface area (Å²) >= 11 is 1.11. The lowest BCUT2D eigenvalue weighted by molar-refractivity contribution is -0.167. The van der Waals surface area contributed by atoms with Crippen molar-refractivity contribution in [2.75, 3.05) is 32.6 Å². The van der Waals surface area contributed by atoms with Crippen LogP contribution in [0.3, 0.4) is 0 Å². The Labute approximate surface area is 313 Å². The van der Waals surface area contributed by atoms with Gasteiger partial charge in [-0.1, -0.05) is 52.7 Å². The molecule has 1 aromatic heterocycles. The number of likely N-dealkylation sites (tertiary alicyclic amines) is 1. The number of carbonyl (C=O) groups is 4. The lowest BCUT2D eigenvalue weighted by Gasteiger charge is -2.38. The SMILES string of the molecule is CCO[C@H](C[C@H](C(C)C)N(C)C(=O)[C@@H](NC(=O)[C@H]1CCCCN1C)[C@@H](C)CC)c1nc(C(=O)NS(=O)(=O)Cc2ccc(NC(=O)C(F)(F)F)cc2)cs1. The molecule has 18 heteroatoms. The number of anilines is 1. The Morgan fingerprint density at radius 1 is 1.09 bits per heavy atom. The Morgan fingerprint density at radius 2 is 1.75 bits per heavy atom. The summed E-state index contributed by atoms with van der Waals surface area (Å²) in [6.45, 7) is 10.8. The summed E-state index contributed by atoms with van der Waals surface area (Å²) in [4.78, 5) is 59.7. The molecule has 1 aliphatic rings. The van der Waals surface area contributed by atoms with Gasteiger partial charge in [0.05, 0.1) is 11.8 Å². The number of thiazole rings is 1. The number of nitrogens with zero attached hydrogens (tertiary/aromatic N) is 3. The van der Waals surface area contributed by atoms with Gasteiger partial charge >= 0.3 is 12.1 Å². The zero-order chi connectivity index (χ0) is 39.7. The van der Waals surface area contributed by atoms with Crippen molar-refractivity contribution < 1.29 is 45.5 Å². The van der Waals surface area contributed by atoms with Gasteiger partial charge in [-0.15, -0.1) is 11.3 Å². The first-order valence-corrected chi connectivity index (χ1v) is 20.2. The lowest BCUT2D eigenvalue weighted by Crippen LogP contribution is -2.58. The molecule has 1 aliphatic heterocycles. The van der Waals surface area contributed by atoms with Crippen LogP contribution in [0, 0.1) is 11.8 Å². The number of hydrogen-bond donors (Lipinski definition) is 3. The zero-order valence-electron chi connectivity index (χ0n) is 31.2. The first kappa shape index (κ1) is 43.8. The Balaban J connectivity index is 1.71. The summed E-state index contributed by atoms with van der Waals surface area (Å²) in [5, 5.41) is 6.54. The second-order valence-electron chi connectivity index (χ2n) is 13.7. The molecule has 0 saturated carbocycles. The molecule has 296 valence electrons. The molecule has 3 N–H and O–H groups in total. The monoisotopic (exact) mass is 788 g/mol. The fourth-order valence-electron chi connectivity index (χ4n) is 6.13. The fourth-order valence-corrected chi connectivity index (χ4v) is 8.08. The first-order chi connectivity index (χ1) is 24.8. The molecule has 3 rings (SSSR count). The minimum absolute atomic E-state index is 0.0347. The molecule has 2 heterocycles. The van der Waals surface area contributed by atoms with Crippen molar-refractivity contribution >= 4 is 50.7 Å². The molecule has 1 aromatic carbocycles. The van der Waals surface area contributed by atoms with E-state index in [0.29, 0.717) is 24.5 Å². The largest absolute Gasteiger partial charge is 0.471 e. The Bertz CT molecular complexity index is 1670. The Morgan fingerprint density at radius 3 is 2.32 bits per heavy atom. The Hall–Kier alpha value is -3.61. The third-order valence-corrected chi connectivity index (χ3v) is 11.5. The number of halogens is 3. The number of rotatable bonds is 17. The van der Waals surface area contributed by atoms with E-state index >= 15 is 0 Å². The predicted octanol–water partition coefficient (Wildman–Crippen LogP) is 4.87. The molecule has 13 nitrogen and oxygen atoms in total. The van der Waals surface area contributed by atoms with Crippen LogP contribution in [-0.2, 0) is 34.9 Å². The summed E-state index contributed by atoms with van der Waals surface area (Å²) in [6, 6.07) is 3.28. The van der Waals surface area contributed by atoms with Gasteiger partial charge in [0.25, 0.3) is 5.91 Å². The van der Waals surface area contributed by atoms with E-state index in [1.54, 1.807) is 24.2 Å². The molecule has 5 atom stereocenters. The smallest absolute Gasteiger partial charge is 0.371 e. The van der Waals surface area contributed by atoms with E-state index in [4.69, 9.17) is 4.74 Å². The highest BCUT2D eigenvalue weighted by Crippen LogP contribution is 2.31. The molecule has 0 radical (unpaired) electrons. The van der Waals surface area contributed by atoms with E-state index in [2.05, 4.69) is 10.3 Å². The predicted molar refractivity (Wildman–Crippen MR) is 195 cm³/mol. The van der Waals surface area contributed by atoms with Crippen LogP contribution in [0.5, 0.6) is 0 Å². The minimum Gasteiger partial charge on any atom is -0.371 e. The van der Waals surface area contributed by atoms with Crippen LogP contribution in [0.4, 0.5) is 18.9 Å². The summed E-state index contributed by atoms with van der Waals surface area (Å²) in [5.74, 6) is -4.36. The molecular formula is C35H51F3N6O7S2. The van der Waals surface area contributed by atoms with E-state index < -0.39 is 45.9 Å². The lowest BCUT2D eigenvalue weighted by atomic mass is 9.92. The summed E-state index contributed by atoms with van der Waals surface area (Å²) < 4.78 is 71.2. The van der Waals surface area contributed by atoms with Gasteiger partial charge in [0.2, 0.25) is 21.8 Å². The van der Waals surface area contributed by atoms with Crippen molar-refractivity contribution in [2.24, 2.45) is 11.8 Å². The van der Waals surface area contributed by atoms with Gasteiger partial charge in [0.1, 0.15) is 22.8 Å². The van der Waals surface area contributed by atoms with Gasteiger partial charge in [-0.25, -0.2) is 18.1 Å². The van der Waals surface area contributed by atoms with Crippen LogP contribution in [0.1, 0.15) is 93.9 Å². The standard InChI is InChI=1S/C35H51F3N6O7S2/c1-8-22(5)29(41-31(46)26-12-10-11-17-43(26)6)33(47)44(7)27(21(3)4)18-28(51-9-2)32-40-25(19-52-32)30(45)42-53(49,50)20-23-13-15-24(16-14-23)39-34(48)35(36,37)38/h13-16,19,21-22,26-29H,8-12,17-18,20H2,1-7H3,(H,39,48)(H,41,46)(H,42,45)/t22-,26+,27+,28+,29-/m0/s1. The zero-order valence-corrected chi connectivity index (χ0v) is 32.8. The maximum atomic E-state index is 14.1. The van der Waals surface area contributed by atoms with Crippen molar-refractivity contribution in [2.45, 2.75) is 103 Å². The third kappa shape index (κ3) is 12.5. The van der Waals surface area contributed by atoms with Gasteiger partial charge in [-0.05, 0) is 62.9 Å². The van der Waals surface area contributed by atoms with Crippen molar-refractivity contribution in [3.05, 3.63) is 45.9 Å². The van der Waals surface area contributed by atoms with Gasteiger partial charge in [-0.2, -0.15) is 13.2 Å². The number of carbonyl (C=O) groups excluding carboxylic acids is 4. The molecule has 0 bridgehead atoms. The molecule has 1 fully saturated rings. The molecule has 4 amide bonds. The highest BCUT2D eigenvalue weighted by molar-refractivity contribution is 7.89. The normalized spacial score (nSPS) is 17.8. The van der Waals surface area contributed by atoms with Crippen LogP contribution in [0.25, 0.3) is 0 Å².